The van der Waals surface area contributed by atoms with Crippen molar-refractivity contribution in [3.05, 3.63) is 27.1 Å². The zero-order chi connectivity index (χ0) is 18.6. The monoisotopic (exact) mass is 495 g/mol. The first-order valence-electron chi connectivity index (χ1n) is 8.09. The zero-order valence-corrected chi connectivity index (χ0v) is 18.3. The molecule has 25 heavy (non-hydrogen) atoms. The van der Waals surface area contributed by atoms with Gasteiger partial charge in [-0.1, -0.05) is 15.9 Å². The van der Waals surface area contributed by atoms with Crippen molar-refractivity contribution in [1.82, 2.24) is 14.5 Å². The predicted molar refractivity (Wildman–Crippen MR) is 105 cm³/mol. The highest BCUT2D eigenvalue weighted by molar-refractivity contribution is 9.11. The van der Waals surface area contributed by atoms with Gasteiger partial charge in [0.15, 0.2) is 0 Å². The van der Waals surface area contributed by atoms with Gasteiger partial charge in [0, 0.05) is 41.0 Å². The number of amides is 1. The molecule has 1 aromatic carbocycles. The van der Waals surface area contributed by atoms with Gasteiger partial charge in [-0.25, -0.2) is 8.42 Å². The molecule has 0 radical (unpaired) electrons. The van der Waals surface area contributed by atoms with Crippen molar-refractivity contribution in [2.75, 3.05) is 40.3 Å². The van der Waals surface area contributed by atoms with Crippen molar-refractivity contribution in [2.45, 2.75) is 17.7 Å². The second kappa shape index (κ2) is 8.94. The standard InChI is InChI=1S/C16H23Br2N3O3S/c1-20(2)10-7-19-16(22)12-5-8-21(9-6-12)25(23,24)15-11-13(17)3-4-14(15)18/h3-4,11-12H,5-10H2,1-2H3,(H,19,22). The molecule has 0 aromatic heterocycles. The lowest BCUT2D eigenvalue weighted by Crippen LogP contribution is -2.44. The quantitative estimate of drug-likeness (QED) is 0.656. The van der Waals surface area contributed by atoms with E-state index >= 15 is 0 Å². The summed E-state index contributed by atoms with van der Waals surface area (Å²) in [5, 5.41) is 2.92. The molecule has 0 aliphatic carbocycles. The van der Waals surface area contributed by atoms with Gasteiger partial charge in [-0.05, 0) is 61.1 Å². The van der Waals surface area contributed by atoms with E-state index in [-0.39, 0.29) is 16.7 Å². The fraction of sp³-hybridized carbons (Fsp3) is 0.562. The van der Waals surface area contributed by atoms with Crippen LogP contribution in [-0.2, 0) is 14.8 Å². The van der Waals surface area contributed by atoms with Crippen LogP contribution in [0.5, 0.6) is 0 Å². The van der Waals surface area contributed by atoms with Gasteiger partial charge in [0.25, 0.3) is 0 Å². The molecular formula is C16H23Br2N3O3S. The van der Waals surface area contributed by atoms with Gasteiger partial charge in [-0.3, -0.25) is 4.79 Å². The van der Waals surface area contributed by atoms with Crippen LogP contribution in [0.3, 0.4) is 0 Å². The van der Waals surface area contributed by atoms with Gasteiger partial charge in [-0.2, -0.15) is 4.31 Å². The number of hydrogen-bond acceptors (Lipinski definition) is 4. The van der Waals surface area contributed by atoms with Crippen molar-refractivity contribution in [3.8, 4) is 0 Å². The number of hydrogen-bond donors (Lipinski definition) is 1. The Morgan fingerprint density at radius 3 is 2.52 bits per heavy atom. The van der Waals surface area contributed by atoms with Gasteiger partial charge in [-0.15, -0.1) is 0 Å². The van der Waals surface area contributed by atoms with E-state index in [2.05, 4.69) is 37.2 Å². The number of halogens is 2. The first kappa shape index (κ1) is 20.8. The molecule has 9 heteroatoms. The molecule has 1 saturated heterocycles. The fourth-order valence-electron chi connectivity index (χ4n) is 2.72. The minimum atomic E-state index is -3.57. The van der Waals surface area contributed by atoms with Crippen LogP contribution in [-0.4, -0.2) is 63.8 Å². The van der Waals surface area contributed by atoms with Crippen molar-refractivity contribution in [3.63, 3.8) is 0 Å². The summed E-state index contributed by atoms with van der Waals surface area (Å²) in [6.07, 6.45) is 1.08. The molecule has 0 bridgehead atoms. The minimum absolute atomic E-state index is 0.0162. The summed E-state index contributed by atoms with van der Waals surface area (Å²) in [4.78, 5) is 14.4. The molecule has 0 saturated carbocycles. The maximum atomic E-state index is 12.9. The molecule has 0 spiro atoms. The lowest BCUT2D eigenvalue weighted by Gasteiger charge is -2.31. The van der Waals surface area contributed by atoms with E-state index in [4.69, 9.17) is 0 Å². The molecule has 6 nitrogen and oxygen atoms in total. The summed E-state index contributed by atoms with van der Waals surface area (Å²) in [5.41, 5.74) is 0. The highest BCUT2D eigenvalue weighted by Crippen LogP contribution is 2.30. The molecule has 1 aliphatic heterocycles. The third-order valence-electron chi connectivity index (χ3n) is 4.19. The average Bonchev–Trinajstić information content (AvgIpc) is 2.56. The number of likely N-dealkylation sites (N-methyl/N-ethyl adjacent to an activating group) is 1. The number of benzene rings is 1. The van der Waals surface area contributed by atoms with Gasteiger partial charge in [0.2, 0.25) is 15.9 Å². The number of sulfonamides is 1. The molecule has 1 aromatic rings. The van der Waals surface area contributed by atoms with E-state index < -0.39 is 10.0 Å². The normalized spacial score (nSPS) is 17.0. The SMILES string of the molecule is CN(C)CCNC(=O)C1CCN(S(=O)(=O)c2cc(Br)ccc2Br)CC1. The maximum absolute atomic E-state index is 12.9. The second-order valence-corrected chi connectivity index (χ2v) is 10.0. The maximum Gasteiger partial charge on any atom is 0.244 e. The molecule has 1 aliphatic rings. The number of rotatable bonds is 6. The van der Waals surface area contributed by atoms with Crippen LogP contribution in [0.4, 0.5) is 0 Å². The number of piperidine rings is 1. The molecule has 0 atom stereocenters. The van der Waals surface area contributed by atoms with Crippen molar-refractivity contribution in [2.24, 2.45) is 5.92 Å². The third-order valence-corrected chi connectivity index (χ3v) is 7.58. The molecule has 1 heterocycles. The smallest absolute Gasteiger partial charge is 0.244 e. The highest BCUT2D eigenvalue weighted by atomic mass is 79.9. The van der Waals surface area contributed by atoms with E-state index in [0.29, 0.717) is 41.4 Å². The molecule has 1 amide bonds. The average molecular weight is 497 g/mol. The van der Waals surface area contributed by atoms with Crippen LogP contribution in [0.2, 0.25) is 0 Å². The number of nitrogens with one attached hydrogen (secondary N) is 1. The summed E-state index contributed by atoms with van der Waals surface area (Å²) in [6, 6.07) is 5.09. The number of nitrogens with zero attached hydrogens (tertiary/aromatic N) is 2. The molecular weight excluding hydrogens is 474 g/mol. The Morgan fingerprint density at radius 1 is 1.28 bits per heavy atom. The fourth-order valence-corrected chi connectivity index (χ4v) is 5.65. The van der Waals surface area contributed by atoms with Crippen LogP contribution < -0.4 is 5.32 Å². The molecule has 1 fully saturated rings. The Hall–Kier alpha value is -0.480. The highest BCUT2D eigenvalue weighted by Gasteiger charge is 2.33. The first-order chi connectivity index (χ1) is 11.7. The summed E-state index contributed by atoms with van der Waals surface area (Å²) in [5.74, 6) is -0.109. The van der Waals surface area contributed by atoms with Gasteiger partial charge >= 0.3 is 0 Å². The summed E-state index contributed by atoms with van der Waals surface area (Å²) < 4.78 is 28.4. The van der Waals surface area contributed by atoms with E-state index in [1.54, 1.807) is 18.2 Å². The topological polar surface area (TPSA) is 69.7 Å². The number of carbonyl (C=O) groups excluding carboxylic acids is 1. The lowest BCUT2D eigenvalue weighted by atomic mass is 9.97. The van der Waals surface area contributed by atoms with Crippen molar-refractivity contribution in [1.29, 1.82) is 0 Å². The Labute approximate surface area is 166 Å². The summed E-state index contributed by atoms with van der Waals surface area (Å²) in [6.45, 7) is 2.10. The molecule has 0 unspecified atom stereocenters. The summed E-state index contributed by atoms with van der Waals surface area (Å²) >= 11 is 6.63. The van der Waals surface area contributed by atoms with E-state index in [9.17, 15) is 13.2 Å². The summed E-state index contributed by atoms with van der Waals surface area (Å²) in [7, 11) is 0.333. The Bertz CT molecular complexity index is 717. The molecule has 2 rings (SSSR count). The lowest BCUT2D eigenvalue weighted by molar-refractivity contribution is -0.126. The minimum Gasteiger partial charge on any atom is -0.355 e. The Kier molecular flexibility index (Phi) is 7.45. The van der Waals surface area contributed by atoms with E-state index in [1.807, 2.05) is 19.0 Å². The second-order valence-electron chi connectivity index (χ2n) is 6.35. The van der Waals surface area contributed by atoms with E-state index in [1.165, 1.54) is 4.31 Å². The van der Waals surface area contributed by atoms with Gasteiger partial charge < -0.3 is 10.2 Å². The van der Waals surface area contributed by atoms with Crippen LogP contribution in [0, 0.1) is 5.92 Å². The van der Waals surface area contributed by atoms with Crippen molar-refractivity contribution >= 4 is 47.8 Å². The van der Waals surface area contributed by atoms with Crippen LogP contribution in [0.15, 0.2) is 32.0 Å². The van der Waals surface area contributed by atoms with Crippen LogP contribution in [0.1, 0.15) is 12.8 Å². The van der Waals surface area contributed by atoms with Gasteiger partial charge in [0.05, 0.1) is 4.90 Å². The zero-order valence-electron chi connectivity index (χ0n) is 14.3. The van der Waals surface area contributed by atoms with Gasteiger partial charge in [0.1, 0.15) is 0 Å². The number of carbonyl (C=O) groups is 1. The van der Waals surface area contributed by atoms with E-state index in [0.717, 1.165) is 6.54 Å². The van der Waals surface area contributed by atoms with Crippen molar-refractivity contribution < 1.29 is 13.2 Å². The largest absolute Gasteiger partial charge is 0.355 e. The first-order valence-corrected chi connectivity index (χ1v) is 11.1. The van der Waals surface area contributed by atoms with Crippen LogP contribution in [0.25, 0.3) is 0 Å². The van der Waals surface area contributed by atoms with Crippen LogP contribution >= 0.6 is 31.9 Å². The molecule has 140 valence electrons. The Balaban J connectivity index is 1.97. The predicted octanol–water partition coefficient (Wildman–Crippen LogP) is 2.29. The Morgan fingerprint density at radius 2 is 1.92 bits per heavy atom. The third kappa shape index (κ3) is 5.50. The molecule has 1 N–H and O–H groups in total.